The standard InChI is InChI=1S/C27H46O/c1-18(2)9-8-10-19(3)23-17-24(28)25-21-13-12-20-11-6-7-15-26(20,4)22(21)14-16-27(23,25)5/h6-7,18-25,28H,8-17H2,1-5H3/t19-,20?,21-,22+,23-,24+,25-,26+,27-/m1/s1. The monoisotopic (exact) mass is 386 g/mol. The molecule has 3 saturated carbocycles. The highest BCUT2D eigenvalue weighted by Crippen LogP contribution is 2.68. The van der Waals surface area contributed by atoms with Crippen LogP contribution in [0.1, 0.15) is 98.8 Å². The number of hydrogen-bond acceptors (Lipinski definition) is 1. The Morgan fingerprint density at radius 2 is 1.79 bits per heavy atom. The summed E-state index contributed by atoms with van der Waals surface area (Å²) in [6, 6.07) is 0. The topological polar surface area (TPSA) is 20.2 Å². The summed E-state index contributed by atoms with van der Waals surface area (Å²) in [5, 5.41) is 11.3. The summed E-state index contributed by atoms with van der Waals surface area (Å²) in [6.45, 7) is 12.4. The first kappa shape index (κ1) is 21.0. The number of allylic oxidation sites excluding steroid dienone is 2. The van der Waals surface area contributed by atoms with Crippen molar-refractivity contribution in [2.24, 2.45) is 52.3 Å². The van der Waals surface area contributed by atoms with Crippen molar-refractivity contribution in [2.75, 3.05) is 0 Å². The molecule has 4 rings (SSSR count). The minimum atomic E-state index is -0.0466. The summed E-state index contributed by atoms with van der Waals surface area (Å²) < 4.78 is 0. The number of aliphatic hydroxyl groups excluding tert-OH is 1. The van der Waals surface area contributed by atoms with Gasteiger partial charge < -0.3 is 5.11 Å². The van der Waals surface area contributed by atoms with Crippen LogP contribution in [0.3, 0.4) is 0 Å². The Labute approximate surface area is 174 Å². The Balaban J connectivity index is 1.52. The van der Waals surface area contributed by atoms with Crippen molar-refractivity contribution in [3.63, 3.8) is 0 Å². The van der Waals surface area contributed by atoms with E-state index in [1.165, 1.54) is 57.8 Å². The minimum absolute atomic E-state index is 0.0466. The van der Waals surface area contributed by atoms with Gasteiger partial charge in [-0.15, -0.1) is 0 Å². The number of hydrogen-bond donors (Lipinski definition) is 1. The second kappa shape index (κ2) is 7.75. The van der Waals surface area contributed by atoms with Crippen LogP contribution in [-0.2, 0) is 0 Å². The zero-order valence-electron chi connectivity index (χ0n) is 19.3. The second-order valence-corrected chi connectivity index (χ2v) is 12.2. The van der Waals surface area contributed by atoms with E-state index in [9.17, 15) is 5.11 Å². The van der Waals surface area contributed by atoms with Crippen LogP contribution in [0.5, 0.6) is 0 Å². The molecule has 1 unspecified atom stereocenters. The first-order valence-electron chi connectivity index (χ1n) is 12.6. The summed E-state index contributed by atoms with van der Waals surface area (Å²) in [6.07, 6.45) is 18.2. The van der Waals surface area contributed by atoms with Crippen molar-refractivity contribution < 1.29 is 5.11 Å². The van der Waals surface area contributed by atoms with Gasteiger partial charge in [0.05, 0.1) is 6.10 Å². The highest BCUT2D eigenvalue weighted by atomic mass is 16.3. The van der Waals surface area contributed by atoms with Gasteiger partial charge in [0.25, 0.3) is 0 Å². The molecule has 0 aromatic carbocycles. The van der Waals surface area contributed by atoms with Gasteiger partial charge in [0.1, 0.15) is 0 Å². The highest BCUT2D eigenvalue weighted by Gasteiger charge is 2.62. The van der Waals surface area contributed by atoms with Crippen LogP contribution in [0.4, 0.5) is 0 Å². The van der Waals surface area contributed by atoms with Crippen LogP contribution in [0.25, 0.3) is 0 Å². The molecule has 1 heteroatoms. The third-order valence-electron chi connectivity index (χ3n) is 10.4. The minimum Gasteiger partial charge on any atom is -0.393 e. The van der Waals surface area contributed by atoms with E-state index in [1.54, 1.807) is 0 Å². The molecule has 4 aliphatic carbocycles. The van der Waals surface area contributed by atoms with Gasteiger partial charge >= 0.3 is 0 Å². The molecular formula is C27H46O. The predicted molar refractivity (Wildman–Crippen MR) is 119 cm³/mol. The molecule has 0 spiro atoms. The van der Waals surface area contributed by atoms with Crippen molar-refractivity contribution in [3.8, 4) is 0 Å². The summed E-state index contributed by atoms with van der Waals surface area (Å²) in [7, 11) is 0. The van der Waals surface area contributed by atoms with E-state index in [1.807, 2.05) is 0 Å². The third kappa shape index (κ3) is 3.32. The van der Waals surface area contributed by atoms with Crippen LogP contribution < -0.4 is 0 Å². The Kier molecular flexibility index (Phi) is 5.80. The predicted octanol–water partition coefficient (Wildman–Crippen LogP) is 7.24. The lowest BCUT2D eigenvalue weighted by Crippen LogP contribution is -2.54. The van der Waals surface area contributed by atoms with E-state index in [0.717, 1.165) is 41.9 Å². The molecule has 1 nitrogen and oxygen atoms in total. The normalized spacial score (nSPS) is 48.8. The van der Waals surface area contributed by atoms with Gasteiger partial charge in [0, 0.05) is 0 Å². The molecule has 0 heterocycles. The van der Waals surface area contributed by atoms with Gasteiger partial charge in [0.15, 0.2) is 0 Å². The molecule has 160 valence electrons. The first-order chi connectivity index (χ1) is 13.3. The summed E-state index contributed by atoms with van der Waals surface area (Å²) in [5.41, 5.74) is 0.880. The van der Waals surface area contributed by atoms with Gasteiger partial charge in [-0.05, 0) is 97.2 Å². The largest absolute Gasteiger partial charge is 0.393 e. The number of rotatable bonds is 5. The smallest absolute Gasteiger partial charge is 0.0579 e. The average molecular weight is 387 g/mol. The third-order valence-corrected chi connectivity index (χ3v) is 10.4. The van der Waals surface area contributed by atoms with Gasteiger partial charge in [-0.1, -0.05) is 66.0 Å². The summed E-state index contributed by atoms with van der Waals surface area (Å²) in [5.74, 6) is 5.40. The first-order valence-corrected chi connectivity index (χ1v) is 12.6. The molecule has 0 radical (unpaired) electrons. The van der Waals surface area contributed by atoms with Gasteiger partial charge in [-0.25, -0.2) is 0 Å². The Morgan fingerprint density at radius 1 is 1.00 bits per heavy atom. The molecule has 3 fully saturated rings. The molecule has 28 heavy (non-hydrogen) atoms. The van der Waals surface area contributed by atoms with Crippen LogP contribution in [-0.4, -0.2) is 11.2 Å². The van der Waals surface area contributed by atoms with Crippen molar-refractivity contribution >= 4 is 0 Å². The molecule has 1 N–H and O–H groups in total. The van der Waals surface area contributed by atoms with Gasteiger partial charge in [-0.3, -0.25) is 0 Å². The maximum atomic E-state index is 11.3. The van der Waals surface area contributed by atoms with Crippen LogP contribution in [0, 0.1) is 52.3 Å². The maximum absolute atomic E-state index is 11.3. The van der Waals surface area contributed by atoms with Gasteiger partial charge in [-0.2, -0.15) is 0 Å². The Morgan fingerprint density at radius 3 is 2.54 bits per heavy atom. The fourth-order valence-corrected chi connectivity index (χ4v) is 8.88. The molecule has 9 atom stereocenters. The SMILES string of the molecule is CC(C)CCC[C@@H](C)[C@H]1C[C@H](O)[C@H]2[C@@H]3CCC4CC=CC[C@]4(C)[C@H]3CC[C@@]21C. The molecule has 0 aliphatic heterocycles. The fourth-order valence-electron chi connectivity index (χ4n) is 8.88. The highest BCUT2D eigenvalue weighted by molar-refractivity contribution is 5.14. The number of fused-ring (bicyclic) bond motifs is 5. The molecule has 0 bridgehead atoms. The van der Waals surface area contributed by atoms with Crippen LogP contribution >= 0.6 is 0 Å². The maximum Gasteiger partial charge on any atom is 0.0579 e. The lowest BCUT2D eigenvalue weighted by atomic mass is 9.45. The second-order valence-electron chi connectivity index (χ2n) is 12.2. The molecule has 0 saturated heterocycles. The lowest BCUT2D eigenvalue weighted by Gasteiger charge is -2.60. The van der Waals surface area contributed by atoms with Crippen molar-refractivity contribution in [1.29, 1.82) is 0 Å². The van der Waals surface area contributed by atoms with E-state index >= 15 is 0 Å². The lowest BCUT2D eigenvalue weighted by molar-refractivity contribution is -0.119. The van der Waals surface area contributed by atoms with Crippen molar-refractivity contribution in [2.45, 2.75) is 105 Å². The quantitative estimate of drug-likeness (QED) is 0.493. The molecule has 0 aromatic rings. The molecule has 4 aliphatic rings. The fraction of sp³-hybridized carbons (Fsp3) is 0.926. The molecule has 0 amide bonds. The Hall–Kier alpha value is -0.300. The van der Waals surface area contributed by atoms with E-state index < -0.39 is 0 Å². The average Bonchev–Trinajstić information content (AvgIpc) is 2.92. The van der Waals surface area contributed by atoms with Crippen LogP contribution in [0.15, 0.2) is 12.2 Å². The van der Waals surface area contributed by atoms with E-state index in [-0.39, 0.29) is 6.10 Å². The van der Waals surface area contributed by atoms with E-state index in [4.69, 9.17) is 0 Å². The van der Waals surface area contributed by atoms with Gasteiger partial charge in [0.2, 0.25) is 0 Å². The molecule has 0 aromatic heterocycles. The molecular weight excluding hydrogens is 340 g/mol. The van der Waals surface area contributed by atoms with Crippen LogP contribution in [0.2, 0.25) is 0 Å². The van der Waals surface area contributed by atoms with Crippen molar-refractivity contribution in [1.82, 2.24) is 0 Å². The Bertz CT molecular complexity index is 579. The summed E-state index contributed by atoms with van der Waals surface area (Å²) in [4.78, 5) is 0. The van der Waals surface area contributed by atoms with Crippen molar-refractivity contribution in [3.05, 3.63) is 12.2 Å². The van der Waals surface area contributed by atoms with E-state index in [0.29, 0.717) is 16.7 Å². The number of aliphatic hydroxyl groups is 1. The zero-order valence-corrected chi connectivity index (χ0v) is 19.3. The van der Waals surface area contributed by atoms with E-state index in [2.05, 4.69) is 46.8 Å². The summed E-state index contributed by atoms with van der Waals surface area (Å²) >= 11 is 0. The zero-order chi connectivity index (χ0) is 20.1.